The zero-order valence-electron chi connectivity index (χ0n) is 19.3. The maximum absolute atomic E-state index is 12.7. The lowest BCUT2D eigenvalue weighted by Gasteiger charge is -2.19. The van der Waals surface area contributed by atoms with E-state index in [2.05, 4.69) is 26.8 Å². The van der Waals surface area contributed by atoms with E-state index < -0.39 is 27.7 Å². The van der Waals surface area contributed by atoms with E-state index in [1.807, 2.05) is 13.8 Å². The van der Waals surface area contributed by atoms with Crippen LogP contribution in [0.4, 0.5) is 24.5 Å². The zero-order chi connectivity index (χ0) is 26.2. The molecule has 12 heteroatoms. The molecule has 0 radical (unpaired) electrons. The van der Waals surface area contributed by atoms with Gasteiger partial charge in [-0.05, 0) is 49.5 Å². The van der Waals surface area contributed by atoms with E-state index in [4.69, 9.17) is 16.3 Å². The van der Waals surface area contributed by atoms with Crippen molar-refractivity contribution < 1.29 is 31.1 Å². The average molecular weight is 532 g/mol. The van der Waals surface area contributed by atoms with E-state index in [-0.39, 0.29) is 27.7 Å². The molecule has 0 unspecified atom stereocenters. The molecule has 0 spiro atoms. The maximum Gasteiger partial charge on any atom is 0.416 e. The highest BCUT2D eigenvalue weighted by molar-refractivity contribution is 7.92. The number of amides is 1. The number of carbonyl (C=O) groups is 1. The second kappa shape index (κ2) is 12.2. The van der Waals surface area contributed by atoms with Gasteiger partial charge in [0, 0.05) is 23.7 Å². The lowest BCUT2D eigenvalue weighted by molar-refractivity contribution is -0.137. The summed E-state index contributed by atoms with van der Waals surface area (Å²) in [7, 11) is -3.64. The van der Waals surface area contributed by atoms with Gasteiger partial charge in [0.2, 0.25) is 10.0 Å². The van der Waals surface area contributed by atoms with Crippen molar-refractivity contribution in [3.8, 4) is 17.6 Å². The van der Waals surface area contributed by atoms with Crippen LogP contribution < -0.4 is 14.8 Å². The largest absolute Gasteiger partial charge is 0.490 e. The first-order valence-corrected chi connectivity index (χ1v) is 12.8. The molecule has 0 saturated heterocycles. The number of halogens is 4. The molecule has 1 amide bonds. The van der Waals surface area contributed by atoms with Gasteiger partial charge in [-0.3, -0.25) is 9.52 Å². The Morgan fingerprint density at radius 1 is 1.14 bits per heavy atom. The number of nitrogens with zero attached hydrogens (tertiary/aromatic N) is 1. The number of hydrogen-bond acceptors (Lipinski definition) is 5. The Labute approximate surface area is 207 Å². The van der Waals surface area contributed by atoms with Gasteiger partial charge in [0.1, 0.15) is 12.4 Å². The Hall–Kier alpha value is -2.94. The van der Waals surface area contributed by atoms with E-state index in [0.29, 0.717) is 13.2 Å². The van der Waals surface area contributed by atoms with Crippen molar-refractivity contribution in [2.75, 3.05) is 42.5 Å². The summed E-state index contributed by atoms with van der Waals surface area (Å²) >= 11 is 5.84. The van der Waals surface area contributed by atoms with Crippen LogP contribution in [0.15, 0.2) is 36.4 Å². The van der Waals surface area contributed by atoms with Crippen molar-refractivity contribution in [2.24, 2.45) is 0 Å². The van der Waals surface area contributed by atoms with Gasteiger partial charge in [-0.1, -0.05) is 31.4 Å². The van der Waals surface area contributed by atoms with Gasteiger partial charge in [0.15, 0.2) is 0 Å². The third-order valence-corrected chi connectivity index (χ3v) is 5.60. The van der Waals surface area contributed by atoms with E-state index in [9.17, 15) is 26.4 Å². The van der Waals surface area contributed by atoms with E-state index in [0.717, 1.165) is 37.5 Å². The topological polar surface area (TPSA) is 87.7 Å². The Morgan fingerprint density at radius 3 is 2.40 bits per heavy atom. The number of nitrogens with one attached hydrogen (secondary N) is 2. The monoisotopic (exact) mass is 531 g/mol. The smallest absolute Gasteiger partial charge is 0.416 e. The summed E-state index contributed by atoms with van der Waals surface area (Å²) in [6, 6.07) is 7.00. The molecule has 0 saturated carbocycles. The molecular formula is C23H25ClF3N3O4S. The van der Waals surface area contributed by atoms with Crippen LogP contribution in [0.2, 0.25) is 5.02 Å². The lowest BCUT2D eigenvalue weighted by atomic mass is 10.1. The number of hydrogen-bond donors (Lipinski definition) is 2. The third-order valence-electron chi connectivity index (χ3n) is 4.70. The van der Waals surface area contributed by atoms with Crippen molar-refractivity contribution >= 4 is 38.9 Å². The van der Waals surface area contributed by atoms with Crippen molar-refractivity contribution in [3.05, 3.63) is 52.5 Å². The fraction of sp³-hybridized carbons (Fsp3) is 0.348. The molecule has 0 aliphatic carbocycles. The molecular weight excluding hydrogens is 507 g/mol. The van der Waals surface area contributed by atoms with Crippen molar-refractivity contribution in [3.63, 3.8) is 0 Å². The number of likely N-dealkylation sites (N-methyl/N-ethyl adjacent to an activating group) is 1. The van der Waals surface area contributed by atoms with Crippen LogP contribution in [-0.4, -0.2) is 51.7 Å². The van der Waals surface area contributed by atoms with Crippen LogP contribution in [0.5, 0.6) is 5.75 Å². The summed E-state index contributed by atoms with van der Waals surface area (Å²) in [6.45, 7) is 6.70. The second-order valence-corrected chi connectivity index (χ2v) is 9.51. The minimum atomic E-state index is -4.55. The highest BCUT2D eigenvalue weighted by Gasteiger charge is 2.30. The first kappa shape index (κ1) is 28.3. The van der Waals surface area contributed by atoms with Gasteiger partial charge in [-0.25, -0.2) is 8.42 Å². The van der Waals surface area contributed by atoms with Gasteiger partial charge in [0.05, 0.1) is 22.5 Å². The summed E-state index contributed by atoms with van der Waals surface area (Å²) in [5.41, 5.74) is -0.525. The molecule has 7 nitrogen and oxygen atoms in total. The Balaban J connectivity index is 2.16. The number of benzene rings is 2. The summed E-state index contributed by atoms with van der Waals surface area (Å²) in [5, 5.41) is 2.23. The van der Waals surface area contributed by atoms with Crippen LogP contribution in [-0.2, 0) is 21.0 Å². The summed E-state index contributed by atoms with van der Waals surface area (Å²) in [6.07, 6.45) is -3.57. The fourth-order valence-electron chi connectivity index (χ4n) is 2.92. The molecule has 2 rings (SSSR count). The Morgan fingerprint density at radius 2 is 1.83 bits per heavy atom. The van der Waals surface area contributed by atoms with Crippen LogP contribution in [0.3, 0.4) is 0 Å². The van der Waals surface area contributed by atoms with Crippen molar-refractivity contribution in [1.29, 1.82) is 0 Å². The van der Waals surface area contributed by atoms with Crippen LogP contribution in [0.25, 0.3) is 0 Å². The Bertz CT molecular complexity index is 1220. The SMILES string of the molecule is CCN(CC)CCOc1ccc(NC(=O)C#Cc2ccc(C(F)(F)F)cc2Cl)cc1NS(C)(=O)=O. The molecule has 0 bridgehead atoms. The lowest BCUT2D eigenvalue weighted by Crippen LogP contribution is -2.28. The van der Waals surface area contributed by atoms with Crippen molar-refractivity contribution in [2.45, 2.75) is 20.0 Å². The van der Waals surface area contributed by atoms with E-state index >= 15 is 0 Å². The van der Waals surface area contributed by atoms with Crippen LogP contribution in [0.1, 0.15) is 25.0 Å². The molecule has 2 N–H and O–H groups in total. The average Bonchev–Trinajstić information content (AvgIpc) is 2.75. The summed E-state index contributed by atoms with van der Waals surface area (Å²) in [4.78, 5) is 14.4. The molecule has 0 atom stereocenters. The van der Waals surface area contributed by atoms with E-state index in [1.54, 1.807) is 0 Å². The number of carbonyl (C=O) groups excluding carboxylic acids is 1. The first-order valence-electron chi connectivity index (χ1n) is 10.5. The van der Waals surface area contributed by atoms with Crippen LogP contribution >= 0.6 is 11.6 Å². The number of anilines is 2. The molecule has 35 heavy (non-hydrogen) atoms. The number of ether oxygens (including phenoxy) is 1. The molecule has 0 fully saturated rings. The van der Waals surface area contributed by atoms with Gasteiger partial charge >= 0.3 is 12.1 Å². The quantitative estimate of drug-likeness (QED) is 0.467. The van der Waals surface area contributed by atoms with Crippen molar-refractivity contribution in [1.82, 2.24) is 4.90 Å². The minimum absolute atomic E-state index is 0.0474. The number of alkyl halides is 3. The minimum Gasteiger partial charge on any atom is -0.490 e. The number of rotatable bonds is 9. The predicted octanol–water partition coefficient (Wildman–Crippen LogP) is 4.44. The maximum atomic E-state index is 12.7. The van der Waals surface area contributed by atoms with Crippen LogP contribution in [0, 0.1) is 11.8 Å². The standard InChI is InChI=1S/C23H25ClF3N3O4S/c1-4-30(5-2)12-13-34-21-10-9-18(15-20(21)29-35(3,32)33)28-22(31)11-7-16-6-8-17(14-19(16)24)23(25,26)27/h6,8-10,14-15,29H,4-5,12-13H2,1-3H3,(H,28,31). The molecule has 0 aliphatic rings. The highest BCUT2D eigenvalue weighted by atomic mass is 35.5. The summed E-state index contributed by atoms with van der Waals surface area (Å²) < 4.78 is 69.8. The number of sulfonamides is 1. The second-order valence-electron chi connectivity index (χ2n) is 7.36. The molecule has 0 aromatic heterocycles. The molecule has 0 heterocycles. The molecule has 2 aromatic rings. The van der Waals surface area contributed by atoms with Gasteiger partial charge in [0.25, 0.3) is 0 Å². The highest BCUT2D eigenvalue weighted by Crippen LogP contribution is 2.32. The van der Waals surface area contributed by atoms with Gasteiger partial charge in [-0.2, -0.15) is 13.2 Å². The summed E-state index contributed by atoms with van der Waals surface area (Å²) in [5.74, 6) is 4.17. The zero-order valence-corrected chi connectivity index (χ0v) is 20.9. The third kappa shape index (κ3) is 9.32. The molecule has 2 aromatic carbocycles. The molecule has 190 valence electrons. The Kier molecular flexibility index (Phi) is 9.82. The van der Waals surface area contributed by atoms with Gasteiger partial charge in [-0.15, -0.1) is 0 Å². The fourth-order valence-corrected chi connectivity index (χ4v) is 3.70. The normalized spacial score (nSPS) is 11.5. The van der Waals surface area contributed by atoms with Gasteiger partial charge < -0.3 is 15.0 Å². The van der Waals surface area contributed by atoms with E-state index in [1.165, 1.54) is 18.2 Å². The predicted molar refractivity (Wildman–Crippen MR) is 130 cm³/mol. The molecule has 0 aliphatic heterocycles. The first-order chi connectivity index (χ1) is 16.3.